The van der Waals surface area contributed by atoms with Gasteiger partial charge in [-0.3, -0.25) is 4.79 Å². The lowest BCUT2D eigenvalue weighted by Crippen LogP contribution is -2.45. The summed E-state index contributed by atoms with van der Waals surface area (Å²) < 4.78 is 38.3. The Bertz CT molecular complexity index is 785. The highest BCUT2D eigenvalue weighted by Gasteiger charge is 2.33. The summed E-state index contributed by atoms with van der Waals surface area (Å²) in [6.07, 6.45) is 1.06. The number of hydrogen-bond acceptors (Lipinski definition) is 5. The Labute approximate surface area is 161 Å². The van der Waals surface area contributed by atoms with Gasteiger partial charge in [0.2, 0.25) is 15.9 Å². The number of rotatable bonds is 5. The van der Waals surface area contributed by atoms with Crippen LogP contribution in [0.3, 0.4) is 0 Å². The SMILES string of the molecule is CC(C)[C@H](C)NC(=O)C1CCN(S(=O)(=O)c2ccc3c(c2)OCCO3)CC1. The van der Waals surface area contributed by atoms with Crippen molar-refractivity contribution in [3.63, 3.8) is 0 Å². The molecule has 1 saturated heterocycles. The Balaban J connectivity index is 1.64. The fourth-order valence-corrected chi connectivity index (χ4v) is 4.69. The maximum Gasteiger partial charge on any atom is 0.243 e. The lowest BCUT2D eigenvalue weighted by atomic mass is 9.96. The number of nitrogens with zero attached hydrogens (tertiary/aromatic N) is 1. The highest BCUT2D eigenvalue weighted by molar-refractivity contribution is 7.89. The number of amides is 1. The minimum atomic E-state index is -3.62. The molecule has 0 aliphatic carbocycles. The summed E-state index contributed by atoms with van der Waals surface area (Å²) in [5.74, 6) is 1.27. The van der Waals surface area contributed by atoms with Crippen molar-refractivity contribution in [3.05, 3.63) is 18.2 Å². The molecule has 1 amide bonds. The van der Waals surface area contributed by atoms with Crippen molar-refractivity contribution in [2.45, 2.75) is 44.6 Å². The largest absolute Gasteiger partial charge is 0.486 e. The third kappa shape index (κ3) is 4.38. The molecule has 2 heterocycles. The molecule has 0 radical (unpaired) electrons. The number of hydrogen-bond donors (Lipinski definition) is 1. The summed E-state index contributed by atoms with van der Waals surface area (Å²) >= 11 is 0. The van der Waals surface area contributed by atoms with Gasteiger partial charge in [0.25, 0.3) is 0 Å². The van der Waals surface area contributed by atoms with Crippen LogP contribution < -0.4 is 14.8 Å². The molecular weight excluding hydrogens is 368 g/mol. The smallest absolute Gasteiger partial charge is 0.243 e. The second kappa shape index (κ2) is 8.06. The number of nitrogens with one attached hydrogen (secondary N) is 1. The Morgan fingerprint density at radius 1 is 1.11 bits per heavy atom. The van der Waals surface area contributed by atoms with E-state index in [-0.39, 0.29) is 22.8 Å². The molecule has 0 spiro atoms. The zero-order chi connectivity index (χ0) is 19.6. The number of sulfonamides is 1. The van der Waals surface area contributed by atoms with Crippen LogP contribution in [0.4, 0.5) is 0 Å². The van der Waals surface area contributed by atoms with Crippen LogP contribution in [0.15, 0.2) is 23.1 Å². The first-order chi connectivity index (χ1) is 12.8. The number of ether oxygens (including phenoxy) is 2. The van der Waals surface area contributed by atoms with Crippen LogP contribution in [-0.4, -0.2) is 51.0 Å². The molecule has 3 rings (SSSR count). The van der Waals surface area contributed by atoms with Crippen molar-refractivity contribution >= 4 is 15.9 Å². The molecule has 0 aromatic heterocycles. The van der Waals surface area contributed by atoms with Crippen molar-refractivity contribution in [3.8, 4) is 11.5 Å². The van der Waals surface area contributed by atoms with Gasteiger partial charge in [-0.1, -0.05) is 13.8 Å². The van der Waals surface area contributed by atoms with Crippen LogP contribution in [0.2, 0.25) is 0 Å². The van der Waals surface area contributed by atoms with Gasteiger partial charge in [-0.25, -0.2) is 8.42 Å². The van der Waals surface area contributed by atoms with Crippen LogP contribution in [0, 0.1) is 11.8 Å². The first-order valence-corrected chi connectivity index (χ1v) is 10.9. The van der Waals surface area contributed by atoms with Crippen LogP contribution >= 0.6 is 0 Å². The van der Waals surface area contributed by atoms with Gasteiger partial charge in [0.1, 0.15) is 13.2 Å². The molecule has 27 heavy (non-hydrogen) atoms. The highest BCUT2D eigenvalue weighted by Crippen LogP contribution is 2.34. The summed E-state index contributed by atoms with van der Waals surface area (Å²) in [6.45, 7) is 7.66. The topological polar surface area (TPSA) is 84.9 Å². The van der Waals surface area contributed by atoms with Crippen LogP contribution in [0.1, 0.15) is 33.6 Å². The molecule has 2 aliphatic heterocycles. The van der Waals surface area contributed by atoms with Gasteiger partial charge in [-0.05, 0) is 37.8 Å². The fraction of sp³-hybridized carbons (Fsp3) is 0.632. The zero-order valence-corrected chi connectivity index (χ0v) is 16.9. The van der Waals surface area contributed by atoms with Gasteiger partial charge in [-0.15, -0.1) is 0 Å². The summed E-state index contributed by atoms with van der Waals surface area (Å²) in [5.41, 5.74) is 0. The van der Waals surface area contributed by atoms with E-state index in [0.29, 0.717) is 56.6 Å². The number of benzene rings is 1. The van der Waals surface area contributed by atoms with E-state index in [1.807, 2.05) is 6.92 Å². The minimum Gasteiger partial charge on any atom is -0.486 e. The van der Waals surface area contributed by atoms with Gasteiger partial charge in [0.15, 0.2) is 11.5 Å². The molecule has 150 valence electrons. The van der Waals surface area contributed by atoms with Crippen molar-refractivity contribution in [1.82, 2.24) is 9.62 Å². The predicted molar refractivity (Wildman–Crippen MR) is 101 cm³/mol. The van der Waals surface area contributed by atoms with Crippen molar-refractivity contribution in [2.75, 3.05) is 26.3 Å². The average molecular weight is 397 g/mol. The van der Waals surface area contributed by atoms with E-state index >= 15 is 0 Å². The fourth-order valence-electron chi connectivity index (χ4n) is 3.20. The second-order valence-corrected chi connectivity index (χ2v) is 9.46. The van der Waals surface area contributed by atoms with Gasteiger partial charge < -0.3 is 14.8 Å². The van der Waals surface area contributed by atoms with Crippen molar-refractivity contribution in [1.29, 1.82) is 0 Å². The highest BCUT2D eigenvalue weighted by atomic mass is 32.2. The Hall–Kier alpha value is -1.80. The molecule has 0 unspecified atom stereocenters. The second-order valence-electron chi connectivity index (χ2n) is 7.53. The summed E-state index contributed by atoms with van der Waals surface area (Å²) in [7, 11) is -3.62. The van der Waals surface area contributed by atoms with E-state index in [1.54, 1.807) is 12.1 Å². The van der Waals surface area contributed by atoms with Gasteiger partial charge >= 0.3 is 0 Å². The summed E-state index contributed by atoms with van der Waals surface area (Å²) in [5, 5.41) is 3.03. The molecule has 1 fully saturated rings. The standard InChI is InChI=1S/C19H28N2O5S/c1-13(2)14(3)20-19(22)15-6-8-21(9-7-15)27(23,24)16-4-5-17-18(12-16)26-11-10-25-17/h4-5,12-15H,6-11H2,1-3H3,(H,20,22)/t14-/m0/s1. The monoisotopic (exact) mass is 396 g/mol. The van der Waals surface area contributed by atoms with E-state index in [2.05, 4.69) is 19.2 Å². The van der Waals surface area contributed by atoms with Gasteiger partial charge in [0.05, 0.1) is 4.90 Å². The molecule has 1 N–H and O–H groups in total. The van der Waals surface area contributed by atoms with Crippen molar-refractivity contribution in [2.24, 2.45) is 11.8 Å². The van der Waals surface area contributed by atoms with Gasteiger partial charge in [-0.2, -0.15) is 4.31 Å². The molecule has 0 bridgehead atoms. The number of carbonyl (C=O) groups is 1. The molecule has 7 nitrogen and oxygen atoms in total. The Morgan fingerprint density at radius 2 is 1.74 bits per heavy atom. The Morgan fingerprint density at radius 3 is 2.37 bits per heavy atom. The lowest BCUT2D eigenvalue weighted by molar-refractivity contribution is -0.127. The number of piperidine rings is 1. The zero-order valence-electron chi connectivity index (χ0n) is 16.1. The Kier molecular flexibility index (Phi) is 5.95. The predicted octanol–water partition coefficient (Wildman–Crippen LogP) is 2.02. The van der Waals surface area contributed by atoms with E-state index in [4.69, 9.17) is 9.47 Å². The maximum atomic E-state index is 12.9. The van der Waals surface area contributed by atoms with Gasteiger partial charge in [0, 0.05) is 31.1 Å². The molecule has 0 saturated carbocycles. The summed E-state index contributed by atoms with van der Waals surface area (Å²) in [6, 6.07) is 4.81. The van der Waals surface area contributed by atoms with Crippen LogP contribution in [-0.2, 0) is 14.8 Å². The third-order valence-corrected chi connectivity index (χ3v) is 7.24. The van der Waals surface area contributed by atoms with Crippen LogP contribution in [0.25, 0.3) is 0 Å². The third-order valence-electron chi connectivity index (χ3n) is 5.35. The normalized spacial score (nSPS) is 19.7. The first kappa shape index (κ1) is 19.9. The average Bonchev–Trinajstić information content (AvgIpc) is 2.67. The van der Waals surface area contributed by atoms with Crippen molar-refractivity contribution < 1.29 is 22.7 Å². The molecule has 8 heteroatoms. The number of fused-ring (bicyclic) bond motifs is 1. The molecule has 1 aromatic rings. The van der Waals surface area contributed by atoms with E-state index in [1.165, 1.54) is 10.4 Å². The van der Waals surface area contributed by atoms with E-state index < -0.39 is 10.0 Å². The van der Waals surface area contributed by atoms with E-state index in [0.717, 1.165) is 0 Å². The van der Waals surface area contributed by atoms with Crippen LogP contribution in [0.5, 0.6) is 11.5 Å². The van der Waals surface area contributed by atoms with E-state index in [9.17, 15) is 13.2 Å². The summed E-state index contributed by atoms with van der Waals surface area (Å²) in [4.78, 5) is 12.6. The lowest BCUT2D eigenvalue weighted by Gasteiger charge is -2.31. The minimum absolute atomic E-state index is 0.0209. The molecule has 1 atom stereocenters. The quantitative estimate of drug-likeness (QED) is 0.823. The molecule has 2 aliphatic rings. The number of carbonyl (C=O) groups excluding carboxylic acids is 1. The maximum absolute atomic E-state index is 12.9. The molecule has 1 aromatic carbocycles. The molecular formula is C19H28N2O5S. The first-order valence-electron chi connectivity index (χ1n) is 9.49.